The van der Waals surface area contributed by atoms with Crippen LogP contribution in [0.2, 0.25) is 0 Å². The molecule has 6 nitrogen and oxygen atoms in total. The van der Waals surface area contributed by atoms with E-state index in [0.717, 1.165) is 5.56 Å². The lowest BCUT2D eigenvalue weighted by atomic mass is 10.1. The molecule has 0 spiro atoms. The fourth-order valence-corrected chi connectivity index (χ4v) is 2.83. The van der Waals surface area contributed by atoms with E-state index in [1.165, 1.54) is 0 Å². The Morgan fingerprint density at radius 1 is 1.25 bits per heavy atom. The normalized spacial score (nSPS) is 11.2. The summed E-state index contributed by atoms with van der Waals surface area (Å²) in [6, 6.07) is 6.95. The zero-order valence-electron chi connectivity index (χ0n) is 11.1. The minimum Gasteiger partial charge on any atom is -0.481 e. The highest BCUT2D eigenvalue weighted by molar-refractivity contribution is 7.92. The number of carbonyl (C=O) groups is 1. The first-order valence-electron chi connectivity index (χ1n) is 6.35. The summed E-state index contributed by atoms with van der Waals surface area (Å²) >= 11 is 0. The SMILES string of the molecule is O=C(O)CCCS(=O)(=O)Nc1cccc(CCCO)c1. The van der Waals surface area contributed by atoms with E-state index < -0.39 is 16.0 Å². The van der Waals surface area contributed by atoms with E-state index in [1.807, 2.05) is 6.07 Å². The molecule has 0 aliphatic rings. The number of carboxylic acids is 1. The molecule has 0 aliphatic carbocycles. The molecule has 0 atom stereocenters. The number of aliphatic hydroxyl groups excluding tert-OH is 1. The van der Waals surface area contributed by atoms with Gasteiger partial charge in [0.05, 0.1) is 5.75 Å². The molecule has 1 aromatic rings. The van der Waals surface area contributed by atoms with Crippen LogP contribution in [0.3, 0.4) is 0 Å². The molecule has 0 saturated heterocycles. The van der Waals surface area contributed by atoms with Gasteiger partial charge in [0.2, 0.25) is 10.0 Å². The van der Waals surface area contributed by atoms with Crippen molar-refractivity contribution < 1.29 is 23.4 Å². The molecular formula is C13H19NO5S. The molecule has 0 radical (unpaired) electrons. The maximum Gasteiger partial charge on any atom is 0.303 e. The van der Waals surface area contributed by atoms with E-state index >= 15 is 0 Å². The molecule has 1 aromatic carbocycles. The van der Waals surface area contributed by atoms with Gasteiger partial charge in [-0.3, -0.25) is 9.52 Å². The summed E-state index contributed by atoms with van der Waals surface area (Å²) in [5.41, 5.74) is 1.39. The third-order valence-corrected chi connectivity index (χ3v) is 4.00. The number of aliphatic carboxylic acids is 1. The van der Waals surface area contributed by atoms with Crippen molar-refractivity contribution in [2.45, 2.75) is 25.7 Å². The maximum atomic E-state index is 11.8. The van der Waals surface area contributed by atoms with Crippen LogP contribution in [0.15, 0.2) is 24.3 Å². The molecule has 0 saturated carbocycles. The summed E-state index contributed by atoms with van der Waals surface area (Å²) < 4.78 is 26.0. The monoisotopic (exact) mass is 301 g/mol. The number of sulfonamides is 1. The highest BCUT2D eigenvalue weighted by Gasteiger charge is 2.11. The van der Waals surface area contributed by atoms with E-state index in [4.69, 9.17) is 10.2 Å². The Bertz CT molecular complexity index is 541. The van der Waals surface area contributed by atoms with Gasteiger partial charge >= 0.3 is 5.97 Å². The standard InChI is InChI=1S/C13H19NO5S/c15-8-2-5-11-4-1-6-12(10-11)14-20(18,19)9-3-7-13(16)17/h1,4,6,10,14-15H,2-3,5,7-9H2,(H,16,17). The van der Waals surface area contributed by atoms with E-state index in [9.17, 15) is 13.2 Å². The van der Waals surface area contributed by atoms with Gasteiger partial charge < -0.3 is 10.2 Å². The minimum absolute atomic E-state index is 0.0782. The smallest absolute Gasteiger partial charge is 0.303 e. The maximum absolute atomic E-state index is 11.8. The van der Waals surface area contributed by atoms with Crippen LogP contribution >= 0.6 is 0 Å². The van der Waals surface area contributed by atoms with Gasteiger partial charge in [0.1, 0.15) is 0 Å². The Labute approximate surface area is 118 Å². The fraction of sp³-hybridized carbons (Fsp3) is 0.462. The summed E-state index contributed by atoms with van der Waals surface area (Å²) in [4.78, 5) is 10.4. The molecule has 3 N–H and O–H groups in total. The van der Waals surface area contributed by atoms with Crippen molar-refractivity contribution in [2.24, 2.45) is 0 Å². The molecule has 7 heteroatoms. The van der Waals surface area contributed by atoms with Crippen LogP contribution in [0.5, 0.6) is 0 Å². The lowest BCUT2D eigenvalue weighted by Crippen LogP contribution is -2.17. The van der Waals surface area contributed by atoms with Crippen LogP contribution in [0.1, 0.15) is 24.8 Å². The molecule has 0 bridgehead atoms. The van der Waals surface area contributed by atoms with Gasteiger partial charge in [-0.1, -0.05) is 12.1 Å². The first-order chi connectivity index (χ1) is 9.43. The van der Waals surface area contributed by atoms with Crippen molar-refractivity contribution in [3.63, 3.8) is 0 Å². The molecule has 112 valence electrons. The lowest BCUT2D eigenvalue weighted by molar-refractivity contribution is -0.137. The molecule has 0 unspecified atom stereocenters. The van der Waals surface area contributed by atoms with Gasteiger partial charge in [-0.15, -0.1) is 0 Å². The number of carboxylic acid groups (broad SMARTS) is 1. The van der Waals surface area contributed by atoms with Crippen LogP contribution < -0.4 is 4.72 Å². The molecule has 0 aliphatic heterocycles. The number of aliphatic hydroxyl groups is 1. The van der Waals surface area contributed by atoms with E-state index in [0.29, 0.717) is 18.5 Å². The molecule has 0 heterocycles. The molecule has 1 rings (SSSR count). The predicted molar refractivity (Wildman–Crippen MR) is 76.1 cm³/mol. The van der Waals surface area contributed by atoms with Gasteiger partial charge in [-0.05, 0) is 37.0 Å². The first kappa shape index (κ1) is 16.5. The summed E-state index contributed by atoms with van der Waals surface area (Å²) in [6.07, 6.45) is 1.20. The van der Waals surface area contributed by atoms with Gasteiger partial charge in [0.15, 0.2) is 0 Å². The number of rotatable bonds is 9. The Kier molecular flexibility index (Phi) is 6.47. The number of anilines is 1. The van der Waals surface area contributed by atoms with Crippen LogP contribution in [-0.2, 0) is 21.2 Å². The lowest BCUT2D eigenvalue weighted by Gasteiger charge is -2.09. The van der Waals surface area contributed by atoms with E-state index in [1.54, 1.807) is 18.2 Å². The summed E-state index contributed by atoms with van der Waals surface area (Å²) in [5, 5.41) is 17.2. The zero-order chi connectivity index (χ0) is 15.0. The van der Waals surface area contributed by atoms with Crippen LogP contribution in [0.4, 0.5) is 5.69 Å². The Morgan fingerprint density at radius 3 is 2.65 bits per heavy atom. The zero-order valence-corrected chi connectivity index (χ0v) is 11.9. The number of benzene rings is 1. The van der Waals surface area contributed by atoms with Crippen LogP contribution in [0.25, 0.3) is 0 Å². The predicted octanol–water partition coefficient (Wildman–Crippen LogP) is 1.22. The van der Waals surface area contributed by atoms with Crippen molar-refractivity contribution in [1.82, 2.24) is 0 Å². The Hall–Kier alpha value is -1.60. The molecular weight excluding hydrogens is 282 g/mol. The van der Waals surface area contributed by atoms with Crippen molar-refractivity contribution in [2.75, 3.05) is 17.1 Å². The van der Waals surface area contributed by atoms with Crippen molar-refractivity contribution in [3.8, 4) is 0 Å². The highest BCUT2D eigenvalue weighted by atomic mass is 32.2. The van der Waals surface area contributed by atoms with Gasteiger partial charge in [-0.25, -0.2) is 8.42 Å². The third kappa shape index (κ3) is 6.53. The van der Waals surface area contributed by atoms with E-state index in [2.05, 4.69) is 4.72 Å². The Morgan fingerprint density at radius 2 is 2.00 bits per heavy atom. The van der Waals surface area contributed by atoms with Gasteiger partial charge in [0, 0.05) is 18.7 Å². The number of aryl methyl sites for hydroxylation is 1. The molecule has 0 fully saturated rings. The first-order valence-corrected chi connectivity index (χ1v) is 8.00. The van der Waals surface area contributed by atoms with Crippen molar-refractivity contribution in [3.05, 3.63) is 29.8 Å². The van der Waals surface area contributed by atoms with Crippen LogP contribution in [0, 0.1) is 0 Å². The quantitative estimate of drug-likeness (QED) is 0.636. The van der Waals surface area contributed by atoms with Crippen molar-refractivity contribution in [1.29, 1.82) is 0 Å². The highest BCUT2D eigenvalue weighted by Crippen LogP contribution is 2.14. The van der Waals surface area contributed by atoms with Gasteiger partial charge in [0.25, 0.3) is 0 Å². The Balaban J connectivity index is 2.60. The molecule has 20 heavy (non-hydrogen) atoms. The van der Waals surface area contributed by atoms with Crippen molar-refractivity contribution >= 4 is 21.7 Å². The number of nitrogens with one attached hydrogen (secondary N) is 1. The fourth-order valence-electron chi connectivity index (χ4n) is 1.72. The largest absolute Gasteiger partial charge is 0.481 e. The minimum atomic E-state index is -3.53. The van der Waals surface area contributed by atoms with E-state index in [-0.39, 0.29) is 25.2 Å². The topological polar surface area (TPSA) is 104 Å². The number of hydrogen-bond donors (Lipinski definition) is 3. The second-order valence-electron chi connectivity index (χ2n) is 4.45. The molecule has 0 amide bonds. The average molecular weight is 301 g/mol. The third-order valence-electron chi connectivity index (χ3n) is 2.63. The number of hydrogen-bond acceptors (Lipinski definition) is 4. The van der Waals surface area contributed by atoms with Crippen LogP contribution in [-0.4, -0.2) is 37.0 Å². The molecule has 0 aromatic heterocycles. The summed E-state index contributed by atoms with van der Waals surface area (Å²) in [5.74, 6) is -1.23. The average Bonchev–Trinajstić information content (AvgIpc) is 2.35. The summed E-state index contributed by atoms with van der Waals surface area (Å²) in [7, 11) is -3.53. The van der Waals surface area contributed by atoms with Gasteiger partial charge in [-0.2, -0.15) is 0 Å². The summed E-state index contributed by atoms with van der Waals surface area (Å²) in [6.45, 7) is 0.0884. The second kappa shape index (κ2) is 7.86. The second-order valence-corrected chi connectivity index (χ2v) is 6.29.